The van der Waals surface area contributed by atoms with Gasteiger partial charge in [-0.2, -0.15) is 35.1 Å². The van der Waals surface area contributed by atoms with E-state index in [9.17, 15) is 91.9 Å². The molecule has 0 radical (unpaired) electrons. The summed E-state index contributed by atoms with van der Waals surface area (Å²) in [5.74, 6) is 4.56. The molecule has 0 heterocycles. The van der Waals surface area contributed by atoms with Gasteiger partial charge in [0, 0.05) is 45.2 Å². The quantitative estimate of drug-likeness (QED) is 0.0464. The Labute approximate surface area is 906 Å². The summed E-state index contributed by atoms with van der Waals surface area (Å²) in [6.07, 6.45) is 48.4. The van der Waals surface area contributed by atoms with E-state index in [1.165, 1.54) is 227 Å². The molecule has 18 atom stereocenters. The van der Waals surface area contributed by atoms with Gasteiger partial charge in [-0.25, -0.2) is 42.1 Å². The van der Waals surface area contributed by atoms with E-state index in [-0.39, 0.29) is 112 Å². The molecule has 28 heteroatoms. The fourth-order valence-electron chi connectivity index (χ4n) is 26.1. The fraction of sp³-hybridized carbons (Fsp3) is 0.858. The second-order valence-electron chi connectivity index (χ2n) is 54.7. The van der Waals surface area contributed by atoms with Crippen molar-refractivity contribution < 1.29 is 105 Å². The SMILES string of the molecule is C=C1CCCC/C1=C/CC.C=C1CCCCC1.CC(C)(C)[Si](C)(C)O.CC1CCC[C@]2(C)C([C@H](C)CCC(F)(F)S(=O)(=O)C(C)(C)C)=CCC12.CC1CCC[C@]2(C)C([C@H](C)CCCS(=O)(=O)C(C)(C)C)=CCC12.C[C@H](CCC(F)(F)S(=O)(=O)C(C)(C)C)C1=CCC2C(=O)CCC[C@]12C.C[C@H](CCC(F)(F)S(=O)(=O)C(C)(C)C)C1=CCC2C(O)CCC[C@]12C.C[C@H](CCC(F)(F)S(=O)(=O)C(C)(C)C)C1=CCC2CCCC[C@]12C.O.[HH].[HH].[HH].[HH].[HH]. The molecule has 0 amide bonds. The molecule has 148 heavy (non-hydrogen) atoms. The Bertz CT molecular complexity index is 5080. The number of aliphatic hydroxyl groups is 1. The highest BCUT2D eigenvalue weighted by molar-refractivity contribution is 7.94. The molecule has 0 aromatic carbocycles. The summed E-state index contributed by atoms with van der Waals surface area (Å²) in [6, 6.07) is 0. The molecule has 4 N–H and O–H groups in total. The number of rotatable bonds is 26. The number of fused-ring (bicyclic) bond motifs is 5. The van der Waals surface area contributed by atoms with Gasteiger partial charge in [-0.15, -0.1) is 0 Å². The van der Waals surface area contributed by atoms with Gasteiger partial charge in [0.1, 0.15) is 5.78 Å². The lowest BCUT2D eigenvalue weighted by molar-refractivity contribution is -0.128. The highest BCUT2D eigenvalue weighted by Crippen LogP contribution is 2.62. The highest BCUT2D eigenvalue weighted by atomic mass is 32.2. The minimum absolute atomic E-state index is 0. The van der Waals surface area contributed by atoms with Crippen LogP contribution < -0.4 is 0 Å². The van der Waals surface area contributed by atoms with Gasteiger partial charge >= 0.3 is 21.0 Å². The first-order chi connectivity index (χ1) is 66.5. The number of sulfone groups is 5. The number of ketones is 1. The molecule has 0 aromatic heterocycles. The minimum Gasteiger partial charge on any atom is -0.432 e. The number of Topliss-reactive ketones (excluding diaryl/α,β-unsaturated/α-hetero) is 1. The number of alkyl halides is 8. The van der Waals surface area contributed by atoms with Gasteiger partial charge in [-0.1, -0.05) is 244 Å². The average molecular weight is 2230 g/mol. The number of hydrogen-bond donors (Lipinski definition) is 2. The molecule has 8 unspecified atom stereocenters. The first-order valence-corrected chi connectivity index (χ1v) is 67.3. The Balaban J connectivity index is 0. The Morgan fingerprint density at radius 2 is 0.716 bits per heavy atom. The van der Waals surface area contributed by atoms with Gasteiger partial charge in [0.05, 0.1) is 35.6 Å². The van der Waals surface area contributed by atoms with E-state index in [2.05, 4.69) is 127 Å². The van der Waals surface area contributed by atoms with Crippen LogP contribution in [-0.4, -0.2) is 128 Å². The first-order valence-electron chi connectivity index (χ1n) is 56.7. The summed E-state index contributed by atoms with van der Waals surface area (Å²) in [5, 5.41) is -4.38. The predicted molar refractivity (Wildman–Crippen MR) is 617 cm³/mol. The maximum absolute atomic E-state index is 14.4. The molecule has 12 aliphatic rings. The molecular weight excluding hydrogens is 2010 g/mol. The van der Waals surface area contributed by atoms with E-state index >= 15 is 0 Å². The van der Waals surface area contributed by atoms with Gasteiger partial charge < -0.3 is 15.4 Å². The van der Waals surface area contributed by atoms with Crippen LogP contribution >= 0.6 is 0 Å². The molecule has 7 saturated carbocycles. The number of hydrogen-bond acceptors (Lipinski definition) is 13. The average Bonchev–Trinajstić information content (AvgIpc) is 1.64. The van der Waals surface area contributed by atoms with Crippen molar-refractivity contribution in [2.45, 2.75) is 547 Å². The number of carbonyl (C=O) groups is 1. The van der Waals surface area contributed by atoms with Crippen molar-refractivity contribution in [3.05, 3.63) is 94.2 Å². The lowest BCUT2D eigenvalue weighted by atomic mass is 9.60. The lowest BCUT2D eigenvalue weighted by Crippen LogP contribution is -2.42. The zero-order valence-electron chi connectivity index (χ0n) is 98.5. The van der Waals surface area contributed by atoms with Crippen molar-refractivity contribution in [1.82, 2.24) is 0 Å². The van der Waals surface area contributed by atoms with Crippen LogP contribution in [0.5, 0.6) is 0 Å². The highest BCUT2D eigenvalue weighted by Gasteiger charge is 2.59. The Kier molecular flexibility index (Phi) is 48.5. The Morgan fingerprint density at radius 3 is 1.06 bits per heavy atom. The molecule has 12 aliphatic carbocycles. The largest absolute Gasteiger partial charge is 0.432 e. The van der Waals surface area contributed by atoms with E-state index in [1.54, 1.807) is 26.3 Å². The van der Waals surface area contributed by atoms with Crippen molar-refractivity contribution >= 4 is 63.3 Å². The molecule has 0 aliphatic heterocycles. The van der Waals surface area contributed by atoms with Gasteiger partial charge in [0.2, 0.25) is 39.3 Å². The number of halogens is 8. The number of allylic oxidation sites excluding steroid dienone is 14. The maximum Gasteiger partial charge on any atom is 0.346 e. The molecular formula is C120H220F8O14S5Si. The molecule has 14 nitrogen and oxygen atoms in total. The summed E-state index contributed by atoms with van der Waals surface area (Å²) in [7, 11) is -22.9. The van der Waals surface area contributed by atoms with Crippen molar-refractivity contribution in [3.8, 4) is 0 Å². The van der Waals surface area contributed by atoms with Crippen molar-refractivity contribution in [2.24, 2.45) is 98.1 Å². The van der Waals surface area contributed by atoms with Gasteiger partial charge in [0.15, 0.2) is 18.2 Å². The maximum atomic E-state index is 14.4. The van der Waals surface area contributed by atoms with Crippen LogP contribution in [0.15, 0.2) is 94.2 Å². The second-order valence-corrected chi connectivity index (χ2v) is 73.5. The molecule has 0 saturated heterocycles. The fourth-order valence-corrected chi connectivity index (χ4v) is 32.4. The van der Waals surface area contributed by atoms with E-state index < -0.39 is 128 Å². The summed E-state index contributed by atoms with van der Waals surface area (Å²) in [6.45, 7) is 67.6. The molecule has 0 spiro atoms. The van der Waals surface area contributed by atoms with Crippen molar-refractivity contribution in [1.29, 1.82) is 0 Å². The zero-order chi connectivity index (χ0) is 113. The molecule has 874 valence electrons. The van der Waals surface area contributed by atoms with Gasteiger partial charge in [0.25, 0.3) is 0 Å². The van der Waals surface area contributed by atoms with E-state index in [1.807, 2.05) is 46.9 Å². The van der Waals surface area contributed by atoms with Crippen molar-refractivity contribution in [2.75, 3.05) is 5.75 Å². The smallest absolute Gasteiger partial charge is 0.346 e. The number of carbonyl (C=O) groups excluding carboxylic acids is 1. The van der Waals surface area contributed by atoms with Crippen molar-refractivity contribution in [3.63, 3.8) is 0 Å². The topological polar surface area (TPSA) is 260 Å². The lowest BCUT2D eigenvalue weighted by Gasteiger charge is -2.44. The third-order valence-electron chi connectivity index (χ3n) is 37.5. The van der Waals surface area contributed by atoms with Crippen LogP contribution in [0.3, 0.4) is 0 Å². The van der Waals surface area contributed by atoms with Crippen LogP contribution in [0, 0.1) is 98.1 Å². The normalized spacial score (nSPS) is 29.3. The van der Waals surface area contributed by atoms with Crippen LogP contribution in [0.1, 0.15) is 485 Å². The van der Waals surface area contributed by atoms with Crippen LogP contribution in [0.4, 0.5) is 35.1 Å². The van der Waals surface area contributed by atoms with Crippen LogP contribution in [-0.2, 0) is 54.0 Å². The minimum atomic E-state index is -4.55. The van der Waals surface area contributed by atoms with Crippen LogP contribution in [0.25, 0.3) is 0 Å². The molecule has 7 fully saturated rings. The van der Waals surface area contributed by atoms with E-state index in [0.717, 1.165) is 106 Å². The zero-order valence-corrected chi connectivity index (χ0v) is 104. The molecule has 12 rings (SSSR count). The first kappa shape index (κ1) is 137. The van der Waals surface area contributed by atoms with E-state index in [0.29, 0.717) is 47.7 Å². The second kappa shape index (κ2) is 52.3. The van der Waals surface area contributed by atoms with Gasteiger partial charge in [-0.05, 0) is 406 Å². The van der Waals surface area contributed by atoms with Crippen LogP contribution in [0.2, 0.25) is 18.1 Å². The van der Waals surface area contributed by atoms with Gasteiger partial charge in [-0.3, -0.25) is 4.79 Å². The molecule has 0 aromatic rings. The Morgan fingerprint density at radius 1 is 0.405 bits per heavy atom. The summed E-state index contributed by atoms with van der Waals surface area (Å²) in [4.78, 5) is 21.7. The monoisotopic (exact) mass is 2230 g/mol. The standard InChI is InChI=1S/C20H34F2O2S.C20H36O2S.C19H32F2O3S.C19H30F2O3S.C19H32F2O2S.C10H16.C7H12.C6H16OSi.H2O.5H2/c1-14-8-7-12-19(6)16(14)9-10-17(19)15(2)11-13-20(21,22)25(23,24)18(3,4)5;1-15-9-7-13-20(6)17(15)11-12-18(20)16(2)10-8-14-23(21,22)19(3,4)5;2*1-13(10-12-19(20,21)25(23,24)17(2,3)4)14-8-9-15-16(22)7-6-11-18(14,15)5;1-14(11-13-19(20,21)24(22,23)17(2,3)4)16-10-9-15-8-6-7-12-18(15,16)5;1-3-6-10-8-5-4-7-9(10)2;1-7-5-3-2-4-6-7;1-6(2,3)8(4,5)7;;;;;;/h10,14-16H,7-9,11-13H2,1-6H3;12,15-17H,7-11,13-14H2,1-6H3;8,13,15-16,22H,6-7,9-12H2,1-5H3;8,13,15H,6-7,9-12H2,1-5H3;10,14-15H,6-9,11-13H2,1-5H3;6H,2-5,7-8H2,1H3;1-6H2;7H,1-5H3;1H2;5*1H/b;;;;;10-6-;;;;;;;;/t14?,15-,16?,19+;15?,16-,17?,20+;13-,15?,16?,18-;13-,15?,18-;14-,15?,18+;;;;;;;;;/m11111........./s1. The summed E-state index contributed by atoms with van der Waals surface area (Å²) in [5.41, 5.74) is 11.0. The third kappa shape index (κ3) is 32.6. The summed E-state index contributed by atoms with van der Waals surface area (Å²) >= 11 is 0. The van der Waals surface area contributed by atoms with E-state index in [4.69, 9.17) is 0 Å². The molecule has 0 bridgehead atoms. The Hall–Kier alpha value is -3.12. The third-order valence-corrected chi connectivity index (χ3v) is 54.3. The number of aliphatic hydroxyl groups excluding tert-OH is 1. The predicted octanol–water partition coefficient (Wildman–Crippen LogP) is 35.1. The summed E-state index contributed by atoms with van der Waals surface area (Å²) < 4.78 is 230.